The van der Waals surface area contributed by atoms with Gasteiger partial charge in [-0.2, -0.15) is 0 Å². The summed E-state index contributed by atoms with van der Waals surface area (Å²) in [4.78, 5) is 0. The van der Waals surface area contributed by atoms with E-state index in [9.17, 15) is 0 Å². The molecule has 4 nitrogen and oxygen atoms in total. The van der Waals surface area contributed by atoms with Crippen molar-refractivity contribution in [2.24, 2.45) is 0 Å². The van der Waals surface area contributed by atoms with Gasteiger partial charge in [-0.1, -0.05) is 37.6 Å². The lowest BCUT2D eigenvalue weighted by Crippen LogP contribution is -2.00. The number of ether oxygens (including phenoxy) is 1. The molecule has 0 N–H and O–H groups in total. The molecule has 24 heavy (non-hydrogen) atoms. The van der Waals surface area contributed by atoms with E-state index < -0.39 is 0 Å². The normalized spacial score (nSPS) is 11.0. The smallest absolute Gasteiger partial charge is 0.254 e. The first-order valence-electron chi connectivity index (χ1n) is 7.84. The van der Waals surface area contributed by atoms with E-state index in [1.165, 1.54) is 0 Å². The third-order valence-corrected chi connectivity index (χ3v) is 3.95. The van der Waals surface area contributed by atoms with Crippen LogP contribution < -0.4 is 4.74 Å². The molecule has 0 aliphatic heterocycles. The van der Waals surface area contributed by atoms with Gasteiger partial charge in [-0.05, 0) is 54.3 Å². The van der Waals surface area contributed by atoms with Gasteiger partial charge in [0, 0.05) is 10.6 Å². The molecule has 2 aromatic carbocycles. The Hall–Kier alpha value is -2.33. The molecule has 1 aromatic heterocycles. The Morgan fingerprint density at radius 2 is 1.83 bits per heavy atom. The molecular weight excluding hydrogens is 324 g/mol. The molecule has 124 valence electrons. The molecule has 0 aliphatic carbocycles. The van der Waals surface area contributed by atoms with Crippen molar-refractivity contribution in [3.05, 3.63) is 64.5 Å². The Labute approximate surface area is 146 Å². The van der Waals surface area contributed by atoms with Gasteiger partial charge in [0.2, 0.25) is 5.89 Å². The van der Waals surface area contributed by atoms with E-state index in [2.05, 4.69) is 36.2 Å². The number of hydrogen-bond acceptors (Lipinski definition) is 4. The Kier molecular flexibility index (Phi) is 4.86. The molecule has 0 fully saturated rings. The van der Waals surface area contributed by atoms with Crippen LogP contribution in [0.3, 0.4) is 0 Å². The highest BCUT2D eigenvalue weighted by Gasteiger charge is 2.12. The van der Waals surface area contributed by atoms with Gasteiger partial charge in [-0.25, -0.2) is 0 Å². The quantitative estimate of drug-likeness (QED) is 0.622. The van der Waals surface area contributed by atoms with Crippen LogP contribution in [0.5, 0.6) is 5.75 Å². The van der Waals surface area contributed by atoms with Crippen LogP contribution in [0.25, 0.3) is 11.5 Å². The minimum absolute atomic E-state index is 0.240. The number of benzene rings is 2. The van der Waals surface area contributed by atoms with E-state index in [4.69, 9.17) is 20.8 Å². The highest BCUT2D eigenvalue weighted by atomic mass is 35.5. The lowest BCUT2D eigenvalue weighted by Gasteiger charge is -2.13. The van der Waals surface area contributed by atoms with Crippen LogP contribution in [-0.2, 0) is 6.61 Å². The molecule has 0 saturated heterocycles. The maximum atomic E-state index is 5.92. The summed E-state index contributed by atoms with van der Waals surface area (Å²) in [5.74, 6) is 2.14. The van der Waals surface area contributed by atoms with E-state index in [0.29, 0.717) is 22.7 Å². The summed E-state index contributed by atoms with van der Waals surface area (Å²) in [5.41, 5.74) is 3.15. The van der Waals surface area contributed by atoms with Gasteiger partial charge in [0.15, 0.2) is 6.61 Å². The number of halogens is 1. The van der Waals surface area contributed by atoms with Gasteiger partial charge < -0.3 is 9.15 Å². The fourth-order valence-corrected chi connectivity index (χ4v) is 2.53. The van der Waals surface area contributed by atoms with Crippen molar-refractivity contribution in [1.29, 1.82) is 0 Å². The number of aryl methyl sites for hydroxylation is 1. The molecule has 1 heterocycles. The van der Waals surface area contributed by atoms with Crippen molar-refractivity contribution < 1.29 is 9.15 Å². The first-order valence-corrected chi connectivity index (χ1v) is 8.22. The van der Waals surface area contributed by atoms with E-state index in [1.54, 1.807) is 12.1 Å². The monoisotopic (exact) mass is 342 g/mol. The van der Waals surface area contributed by atoms with Crippen LogP contribution in [0.4, 0.5) is 0 Å². The summed E-state index contributed by atoms with van der Waals surface area (Å²) in [6, 6.07) is 13.5. The Morgan fingerprint density at radius 1 is 1.08 bits per heavy atom. The molecule has 0 spiro atoms. The fourth-order valence-electron chi connectivity index (χ4n) is 2.40. The third-order valence-electron chi connectivity index (χ3n) is 3.70. The molecule has 3 aromatic rings. The Morgan fingerprint density at radius 3 is 2.54 bits per heavy atom. The van der Waals surface area contributed by atoms with Gasteiger partial charge in [-0.15, -0.1) is 10.2 Å². The van der Waals surface area contributed by atoms with Crippen molar-refractivity contribution >= 4 is 11.6 Å². The SMILES string of the molecule is Cc1ccc(C(C)C)c(OCc2nnc(-c3ccc(Cl)cc3)o2)c1. The summed E-state index contributed by atoms with van der Waals surface area (Å²) < 4.78 is 11.6. The zero-order valence-electron chi connectivity index (χ0n) is 13.9. The lowest BCUT2D eigenvalue weighted by molar-refractivity contribution is 0.261. The van der Waals surface area contributed by atoms with Crippen molar-refractivity contribution in [3.8, 4) is 17.2 Å². The van der Waals surface area contributed by atoms with E-state index in [1.807, 2.05) is 25.1 Å². The van der Waals surface area contributed by atoms with Crippen LogP contribution in [0, 0.1) is 6.92 Å². The van der Waals surface area contributed by atoms with Crippen LogP contribution in [0.15, 0.2) is 46.9 Å². The second kappa shape index (κ2) is 7.05. The predicted molar refractivity (Wildman–Crippen MR) is 94.3 cm³/mol. The van der Waals surface area contributed by atoms with Gasteiger partial charge in [0.05, 0.1) is 0 Å². The summed E-state index contributed by atoms with van der Waals surface area (Å²) in [6.45, 7) is 6.57. The maximum absolute atomic E-state index is 5.92. The predicted octanol–water partition coefficient (Wildman–Crippen LogP) is 5.40. The zero-order valence-corrected chi connectivity index (χ0v) is 14.7. The molecule has 0 radical (unpaired) electrons. The minimum atomic E-state index is 0.240. The molecular formula is C19H19ClN2O2. The van der Waals surface area contributed by atoms with Gasteiger partial charge in [0.25, 0.3) is 5.89 Å². The maximum Gasteiger partial charge on any atom is 0.254 e. The molecule has 0 unspecified atom stereocenters. The third kappa shape index (κ3) is 3.77. The summed E-state index contributed by atoms with van der Waals surface area (Å²) in [5, 5.41) is 8.79. The van der Waals surface area contributed by atoms with E-state index in [0.717, 1.165) is 22.4 Å². The number of aromatic nitrogens is 2. The highest BCUT2D eigenvalue weighted by molar-refractivity contribution is 6.30. The lowest BCUT2D eigenvalue weighted by atomic mass is 10.0. The Bertz CT molecular complexity index is 826. The topological polar surface area (TPSA) is 48.2 Å². The second-order valence-corrected chi connectivity index (χ2v) is 6.43. The standard InChI is InChI=1S/C19H19ClN2O2/c1-12(2)16-9-4-13(3)10-17(16)23-11-18-21-22-19(24-18)14-5-7-15(20)8-6-14/h4-10,12H,11H2,1-3H3. The molecule has 0 saturated carbocycles. The van der Waals surface area contributed by atoms with Crippen molar-refractivity contribution in [2.75, 3.05) is 0 Å². The van der Waals surface area contributed by atoms with Gasteiger partial charge >= 0.3 is 0 Å². The summed E-state index contributed by atoms with van der Waals surface area (Å²) in [6.07, 6.45) is 0. The van der Waals surface area contributed by atoms with Crippen molar-refractivity contribution in [3.63, 3.8) is 0 Å². The molecule has 0 aliphatic rings. The Balaban J connectivity index is 1.74. The minimum Gasteiger partial charge on any atom is -0.484 e. The van der Waals surface area contributed by atoms with Crippen LogP contribution in [0.2, 0.25) is 5.02 Å². The molecule has 5 heteroatoms. The zero-order chi connectivity index (χ0) is 17.1. The van der Waals surface area contributed by atoms with Crippen LogP contribution in [0.1, 0.15) is 36.8 Å². The summed E-state index contributed by atoms with van der Waals surface area (Å²) in [7, 11) is 0. The van der Waals surface area contributed by atoms with Gasteiger partial charge in [-0.3, -0.25) is 0 Å². The molecule has 0 atom stereocenters. The average Bonchev–Trinajstić information content (AvgIpc) is 3.02. The number of nitrogens with zero attached hydrogens (tertiary/aromatic N) is 2. The highest BCUT2D eigenvalue weighted by Crippen LogP contribution is 2.28. The van der Waals surface area contributed by atoms with Gasteiger partial charge in [0.1, 0.15) is 5.75 Å². The number of hydrogen-bond donors (Lipinski definition) is 0. The van der Waals surface area contributed by atoms with E-state index in [-0.39, 0.29) is 6.61 Å². The first kappa shape index (κ1) is 16.5. The van der Waals surface area contributed by atoms with Crippen LogP contribution >= 0.6 is 11.6 Å². The largest absolute Gasteiger partial charge is 0.484 e. The molecule has 0 amide bonds. The summed E-state index contributed by atoms with van der Waals surface area (Å²) >= 11 is 5.89. The second-order valence-electron chi connectivity index (χ2n) is 5.99. The average molecular weight is 343 g/mol. The fraction of sp³-hybridized carbons (Fsp3) is 0.263. The van der Waals surface area contributed by atoms with E-state index >= 15 is 0 Å². The number of rotatable bonds is 5. The van der Waals surface area contributed by atoms with Crippen molar-refractivity contribution in [2.45, 2.75) is 33.3 Å². The molecule has 0 bridgehead atoms. The van der Waals surface area contributed by atoms with Crippen molar-refractivity contribution in [1.82, 2.24) is 10.2 Å². The van der Waals surface area contributed by atoms with Crippen LogP contribution in [-0.4, -0.2) is 10.2 Å². The first-order chi connectivity index (χ1) is 11.5. The molecule has 3 rings (SSSR count).